The maximum absolute atomic E-state index is 12.1. The van der Waals surface area contributed by atoms with Crippen molar-refractivity contribution in [3.8, 4) is 0 Å². The molecule has 0 aromatic heterocycles. The minimum Gasteiger partial charge on any atom is -0.383 e. The Kier molecular flexibility index (Phi) is 5.49. The summed E-state index contributed by atoms with van der Waals surface area (Å²) < 4.78 is 0. The summed E-state index contributed by atoms with van der Waals surface area (Å²) in [7, 11) is 0. The van der Waals surface area contributed by atoms with E-state index in [0.717, 1.165) is 11.1 Å². The average molecular weight is 284 g/mol. The van der Waals surface area contributed by atoms with E-state index in [2.05, 4.69) is 5.32 Å². The van der Waals surface area contributed by atoms with Crippen LogP contribution in [0.4, 0.5) is 0 Å². The summed E-state index contributed by atoms with van der Waals surface area (Å²) in [4.78, 5) is 12.1. The molecular weight excluding hydrogens is 264 g/mol. The third-order valence-corrected chi connectivity index (χ3v) is 3.30. The molecule has 4 heteroatoms. The number of nitrogens with one attached hydrogen (secondary N) is 1. The van der Waals surface area contributed by atoms with Crippen molar-refractivity contribution in [2.75, 3.05) is 6.54 Å². The third-order valence-electron chi connectivity index (χ3n) is 3.30. The molecule has 2 aromatic rings. The zero-order valence-electron chi connectivity index (χ0n) is 11.8. The van der Waals surface area contributed by atoms with Gasteiger partial charge in [-0.3, -0.25) is 4.79 Å². The molecule has 2 rings (SSSR count). The van der Waals surface area contributed by atoms with Crippen molar-refractivity contribution >= 4 is 5.91 Å². The van der Waals surface area contributed by atoms with Crippen LogP contribution in [0.1, 0.15) is 23.6 Å². The van der Waals surface area contributed by atoms with Crippen LogP contribution in [0.3, 0.4) is 0 Å². The van der Waals surface area contributed by atoms with Crippen LogP contribution in [-0.4, -0.2) is 23.7 Å². The SMILES string of the molecule is NCCC(O)C(=O)NC(c1ccccc1)c1ccccc1. The normalized spacial score (nSPS) is 12.1. The lowest BCUT2D eigenvalue weighted by molar-refractivity contribution is -0.130. The molecule has 1 unspecified atom stereocenters. The Bertz CT molecular complexity index is 518. The maximum atomic E-state index is 12.1. The van der Waals surface area contributed by atoms with Crippen LogP contribution >= 0.6 is 0 Å². The second-order valence-electron chi connectivity index (χ2n) is 4.86. The van der Waals surface area contributed by atoms with Crippen molar-refractivity contribution in [3.63, 3.8) is 0 Å². The number of amides is 1. The molecule has 0 heterocycles. The van der Waals surface area contributed by atoms with E-state index in [1.54, 1.807) is 0 Å². The number of nitrogens with two attached hydrogens (primary N) is 1. The molecule has 110 valence electrons. The van der Waals surface area contributed by atoms with E-state index in [0.29, 0.717) is 0 Å². The molecule has 0 saturated carbocycles. The Labute approximate surface area is 124 Å². The fraction of sp³-hybridized carbons (Fsp3) is 0.235. The zero-order chi connectivity index (χ0) is 15.1. The van der Waals surface area contributed by atoms with Gasteiger partial charge >= 0.3 is 0 Å². The largest absolute Gasteiger partial charge is 0.383 e. The molecule has 4 nitrogen and oxygen atoms in total. The van der Waals surface area contributed by atoms with Crippen LogP contribution in [-0.2, 0) is 4.79 Å². The molecule has 0 fully saturated rings. The number of carbonyl (C=O) groups excluding carboxylic acids is 1. The molecule has 1 atom stereocenters. The smallest absolute Gasteiger partial charge is 0.249 e. The molecule has 0 aliphatic rings. The van der Waals surface area contributed by atoms with E-state index in [1.807, 2.05) is 60.7 Å². The van der Waals surface area contributed by atoms with Crippen LogP contribution in [0.15, 0.2) is 60.7 Å². The van der Waals surface area contributed by atoms with E-state index in [4.69, 9.17) is 5.73 Å². The van der Waals surface area contributed by atoms with Crippen molar-refractivity contribution in [1.82, 2.24) is 5.32 Å². The molecule has 0 aliphatic carbocycles. The number of aliphatic hydroxyl groups is 1. The second-order valence-corrected chi connectivity index (χ2v) is 4.86. The second kappa shape index (κ2) is 7.57. The summed E-state index contributed by atoms with van der Waals surface area (Å²) in [6.45, 7) is 0.274. The minimum absolute atomic E-state index is 0.252. The van der Waals surface area contributed by atoms with Crippen molar-refractivity contribution in [2.24, 2.45) is 5.73 Å². The lowest BCUT2D eigenvalue weighted by Gasteiger charge is -2.21. The van der Waals surface area contributed by atoms with Crippen molar-refractivity contribution < 1.29 is 9.90 Å². The highest BCUT2D eigenvalue weighted by Gasteiger charge is 2.20. The van der Waals surface area contributed by atoms with Gasteiger partial charge < -0.3 is 16.2 Å². The first-order chi connectivity index (χ1) is 10.2. The van der Waals surface area contributed by atoms with Crippen LogP contribution in [0.25, 0.3) is 0 Å². The highest BCUT2D eigenvalue weighted by molar-refractivity contribution is 5.81. The van der Waals surface area contributed by atoms with Crippen LogP contribution in [0.2, 0.25) is 0 Å². The number of hydrogen-bond acceptors (Lipinski definition) is 3. The molecule has 0 saturated heterocycles. The van der Waals surface area contributed by atoms with E-state index in [1.165, 1.54) is 0 Å². The van der Waals surface area contributed by atoms with Crippen LogP contribution in [0.5, 0.6) is 0 Å². The number of hydrogen-bond donors (Lipinski definition) is 3. The molecule has 0 aliphatic heterocycles. The standard InChI is InChI=1S/C17H20N2O2/c18-12-11-15(20)17(21)19-16(13-7-3-1-4-8-13)14-9-5-2-6-10-14/h1-10,15-16,20H,11-12,18H2,(H,19,21). The summed E-state index contributed by atoms with van der Waals surface area (Å²) in [5, 5.41) is 12.7. The van der Waals surface area contributed by atoms with Gasteiger partial charge in [-0.05, 0) is 24.1 Å². The predicted octanol–water partition coefficient (Wildman–Crippen LogP) is 1.60. The third kappa shape index (κ3) is 4.15. The van der Waals surface area contributed by atoms with E-state index < -0.39 is 12.0 Å². The van der Waals surface area contributed by atoms with Gasteiger partial charge in [-0.2, -0.15) is 0 Å². The number of aliphatic hydroxyl groups excluding tert-OH is 1. The van der Waals surface area contributed by atoms with Crippen molar-refractivity contribution in [1.29, 1.82) is 0 Å². The first kappa shape index (κ1) is 15.2. The molecule has 2 aromatic carbocycles. The summed E-state index contributed by atoms with van der Waals surface area (Å²) in [5.41, 5.74) is 7.32. The first-order valence-corrected chi connectivity index (χ1v) is 7.00. The van der Waals surface area contributed by atoms with Gasteiger partial charge in [0.05, 0.1) is 6.04 Å². The molecule has 1 amide bonds. The van der Waals surface area contributed by atoms with E-state index in [9.17, 15) is 9.90 Å². The highest BCUT2D eigenvalue weighted by Crippen LogP contribution is 2.21. The average Bonchev–Trinajstić information content (AvgIpc) is 2.54. The lowest BCUT2D eigenvalue weighted by Crippen LogP contribution is -2.38. The number of benzene rings is 2. The molecule has 4 N–H and O–H groups in total. The van der Waals surface area contributed by atoms with Crippen molar-refractivity contribution in [3.05, 3.63) is 71.8 Å². The summed E-state index contributed by atoms with van der Waals surface area (Å²) in [6.07, 6.45) is -0.827. The van der Waals surface area contributed by atoms with Gasteiger partial charge in [-0.25, -0.2) is 0 Å². The number of rotatable bonds is 6. The summed E-state index contributed by atoms with van der Waals surface area (Å²) in [5.74, 6) is -0.404. The van der Waals surface area contributed by atoms with E-state index >= 15 is 0 Å². The zero-order valence-corrected chi connectivity index (χ0v) is 11.8. The van der Waals surface area contributed by atoms with Crippen molar-refractivity contribution in [2.45, 2.75) is 18.6 Å². The minimum atomic E-state index is -1.08. The maximum Gasteiger partial charge on any atom is 0.249 e. The lowest BCUT2D eigenvalue weighted by atomic mass is 9.98. The van der Waals surface area contributed by atoms with Gasteiger partial charge in [-0.15, -0.1) is 0 Å². The Hall–Kier alpha value is -2.17. The van der Waals surface area contributed by atoms with Gasteiger partial charge in [-0.1, -0.05) is 60.7 Å². The fourth-order valence-electron chi connectivity index (χ4n) is 2.18. The van der Waals surface area contributed by atoms with Gasteiger partial charge in [0.2, 0.25) is 5.91 Å². The molecule has 0 radical (unpaired) electrons. The Balaban J connectivity index is 2.23. The molecule has 0 bridgehead atoms. The van der Waals surface area contributed by atoms with Gasteiger partial charge in [0.15, 0.2) is 0 Å². The first-order valence-electron chi connectivity index (χ1n) is 7.00. The van der Waals surface area contributed by atoms with Crippen LogP contribution < -0.4 is 11.1 Å². The summed E-state index contributed by atoms with van der Waals surface area (Å²) >= 11 is 0. The van der Waals surface area contributed by atoms with Crippen LogP contribution in [0, 0.1) is 0 Å². The highest BCUT2D eigenvalue weighted by atomic mass is 16.3. The van der Waals surface area contributed by atoms with E-state index in [-0.39, 0.29) is 19.0 Å². The fourth-order valence-corrected chi connectivity index (χ4v) is 2.18. The molecular formula is C17H20N2O2. The quantitative estimate of drug-likeness (QED) is 0.754. The summed E-state index contributed by atoms with van der Waals surface area (Å²) in [6, 6.07) is 19.1. The van der Waals surface area contributed by atoms with Gasteiger partial charge in [0.1, 0.15) is 6.10 Å². The van der Waals surface area contributed by atoms with Gasteiger partial charge in [0, 0.05) is 0 Å². The molecule has 0 spiro atoms. The predicted molar refractivity (Wildman–Crippen MR) is 82.5 cm³/mol. The number of carbonyl (C=O) groups is 1. The topological polar surface area (TPSA) is 75.3 Å². The molecule has 21 heavy (non-hydrogen) atoms. The monoisotopic (exact) mass is 284 g/mol. The van der Waals surface area contributed by atoms with Gasteiger partial charge in [0.25, 0.3) is 0 Å². The Morgan fingerprint density at radius 3 is 1.90 bits per heavy atom. The Morgan fingerprint density at radius 2 is 1.48 bits per heavy atom. The Morgan fingerprint density at radius 1 is 1.00 bits per heavy atom.